The van der Waals surface area contributed by atoms with Crippen LogP contribution in [0.25, 0.3) is 0 Å². The van der Waals surface area contributed by atoms with Crippen LogP contribution in [0.3, 0.4) is 0 Å². The number of carbonyl (C=O) groups excluding carboxylic acids is 1. The first-order valence-corrected chi connectivity index (χ1v) is 4.60. The van der Waals surface area contributed by atoms with E-state index in [1.165, 1.54) is 0 Å². The molecule has 2 N–H and O–H groups in total. The molecule has 0 aliphatic heterocycles. The molecule has 0 heterocycles. The van der Waals surface area contributed by atoms with Crippen molar-refractivity contribution in [3.05, 3.63) is 33.8 Å². The predicted molar refractivity (Wildman–Crippen MR) is 50.0 cm³/mol. The average molecular weight is 292 g/mol. The molecule has 0 radical (unpaired) electrons. The monoisotopic (exact) mass is 291 g/mol. The maximum absolute atomic E-state index is 12.5. The predicted octanol–water partition coefficient (Wildman–Crippen LogP) is 3.48. The molecule has 0 saturated carbocycles. The van der Waals surface area contributed by atoms with Gasteiger partial charge in [-0.25, -0.2) is 0 Å². The standard InChI is InChI=1S/C9H4ClF6NO/c10-6-1-3(7(17)18)4(8(11,12)13)2-5(6)9(14,15)16/h1-2H,(H2,17,18). The van der Waals surface area contributed by atoms with Crippen molar-refractivity contribution in [1.82, 2.24) is 0 Å². The molecule has 0 unspecified atom stereocenters. The molecule has 0 bridgehead atoms. The van der Waals surface area contributed by atoms with Crippen molar-refractivity contribution in [2.75, 3.05) is 0 Å². The molecular formula is C9H4ClF6NO. The fourth-order valence-electron chi connectivity index (χ4n) is 1.23. The summed E-state index contributed by atoms with van der Waals surface area (Å²) >= 11 is 5.19. The van der Waals surface area contributed by atoms with Crippen molar-refractivity contribution < 1.29 is 31.1 Å². The van der Waals surface area contributed by atoms with E-state index in [0.717, 1.165) is 0 Å². The Kier molecular flexibility index (Phi) is 3.53. The highest BCUT2D eigenvalue weighted by molar-refractivity contribution is 6.31. The van der Waals surface area contributed by atoms with Gasteiger partial charge < -0.3 is 5.73 Å². The van der Waals surface area contributed by atoms with Crippen LogP contribution < -0.4 is 5.73 Å². The highest BCUT2D eigenvalue weighted by Gasteiger charge is 2.40. The van der Waals surface area contributed by atoms with E-state index < -0.39 is 40.0 Å². The summed E-state index contributed by atoms with van der Waals surface area (Å²) < 4.78 is 74.6. The minimum absolute atomic E-state index is 0.234. The summed E-state index contributed by atoms with van der Waals surface area (Å²) in [6.07, 6.45) is -10.2. The second-order valence-corrected chi connectivity index (χ2v) is 3.64. The zero-order chi connectivity index (χ0) is 14.3. The van der Waals surface area contributed by atoms with Crippen molar-refractivity contribution in [3.63, 3.8) is 0 Å². The Morgan fingerprint density at radius 3 is 1.78 bits per heavy atom. The Bertz CT molecular complexity index is 493. The maximum atomic E-state index is 12.5. The normalized spacial score (nSPS) is 12.6. The van der Waals surface area contributed by atoms with Gasteiger partial charge in [0.05, 0.1) is 21.7 Å². The summed E-state index contributed by atoms with van der Waals surface area (Å²) in [7, 11) is 0. The van der Waals surface area contributed by atoms with Gasteiger partial charge in [0.2, 0.25) is 5.91 Å². The number of benzene rings is 1. The van der Waals surface area contributed by atoms with Gasteiger partial charge >= 0.3 is 12.4 Å². The fraction of sp³-hybridized carbons (Fsp3) is 0.222. The van der Waals surface area contributed by atoms with Crippen molar-refractivity contribution in [1.29, 1.82) is 0 Å². The van der Waals surface area contributed by atoms with Crippen molar-refractivity contribution in [2.45, 2.75) is 12.4 Å². The number of hydrogen-bond acceptors (Lipinski definition) is 1. The summed E-state index contributed by atoms with van der Waals surface area (Å²) in [6, 6.07) is 0.0258. The van der Waals surface area contributed by atoms with Crippen LogP contribution in [-0.2, 0) is 12.4 Å². The first-order valence-electron chi connectivity index (χ1n) is 4.22. The fourth-order valence-corrected chi connectivity index (χ4v) is 1.50. The van der Waals surface area contributed by atoms with E-state index in [2.05, 4.69) is 5.73 Å². The van der Waals surface area contributed by atoms with Crippen LogP contribution in [0.2, 0.25) is 5.02 Å². The maximum Gasteiger partial charge on any atom is 0.417 e. The van der Waals surface area contributed by atoms with Crippen LogP contribution in [0, 0.1) is 0 Å². The van der Waals surface area contributed by atoms with Gasteiger partial charge in [-0.3, -0.25) is 4.79 Å². The lowest BCUT2D eigenvalue weighted by Crippen LogP contribution is -2.20. The minimum atomic E-state index is -5.14. The van der Waals surface area contributed by atoms with Gasteiger partial charge in [0.1, 0.15) is 0 Å². The van der Waals surface area contributed by atoms with E-state index in [-0.39, 0.29) is 12.1 Å². The lowest BCUT2D eigenvalue weighted by atomic mass is 10.0. The Balaban J connectivity index is 3.62. The number of halogens is 7. The van der Waals surface area contributed by atoms with E-state index in [0.29, 0.717) is 0 Å². The lowest BCUT2D eigenvalue weighted by Gasteiger charge is -2.15. The Morgan fingerprint density at radius 2 is 1.44 bits per heavy atom. The number of alkyl halides is 6. The molecule has 1 amide bonds. The van der Waals surface area contributed by atoms with Gasteiger partial charge in [0.15, 0.2) is 0 Å². The highest BCUT2D eigenvalue weighted by atomic mass is 35.5. The van der Waals surface area contributed by atoms with Crippen LogP contribution in [0.5, 0.6) is 0 Å². The van der Waals surface area contributed by atoms with Gasteiger partial charge in [-0.05, 0) is 12.1 Å². The molecule has 1 rings (SSSR count). The van der Waals surface area contributed by atoms with E-state index in [1.54, 1.807) is 0 Å². The van der Waals surface area contributed by atoms with Crippen LogP contribution in [0.4, 0.5) is 26.3 Å². The van der Waals surface area contributed by atoms with Gasteiger partial charge in [0, 0.05) is 0 Å². The SMILES string of the molecule is NC(=O)c1cc(Cl)c(C(F)(F)F)cc1C(F)(F)F. The van der Waals surface area contributed by atoms with Crippen molar-refractivity contribution >= 4 is 17.5 Å². The van der Waals surface area contributed by atoms with E-state index in [9.17, 15) is 31.1 Å². The molecule has 18 heavy (non-hydrogen) atoms. The molecule has 0 atom stereocenters. The number of amides is 1. The lowest BCUT2D eigenvalue weighted by molar-refractivity contribution is -0.143. The van der Waals surface area contributed by atoms with Gasteiger partial charge in [-0.1, -0.05) is 11.6 Å². The summed E-state index contributed by atoms with van der Waals surface area (Å²) in [5.41, 5.74) is 0.0991. The number of carbonyl (C=O) groups is 1. The summed E-state index contributed by atoms with van der Waals surface area (Å²) in [5.74, 6) is -1.52. The molecule has 0 aliphatic carbocycles. The van der Waals surface area contributed by atoms with Crippen LogP contribution in [0.15, 0.2) is 12.1 Å². The Labute approximate surface area is 101 Å². The third kappa shape index (κ3) is 2.87. The number of rotatable bonds is 1. The molecule has 9 heteroatoms. The smallest absolute Gasteiger partial charge is 0.366 e. The molecule has 0 saturated heterocycles. The van der Waals surface area contributed by atoms with Crippen molar-refractivity contribution in [3.8, 4) is 0 Å². The zero-order valence-electron chi connectivity index (χ0n) is 8.29. The third-order valence-electron chi connectivity index (χ3n) is 1.98. The first kappa shape index (κ1) is 14.6. The number of nitrogens with two attached hydrogens (primary N) is 1. The number of hydrogen-bond donors (Lipinski definition) is 1. The molecule has 0 aromatic heterocycles. The summed E-state index contributed by atoms with van der Waals surface area (Å²) in [6.45, 7) is 0. The van der Waals surface area contributed by atoms with Gasteiger partial charge in [-0.2, -0.15) is 26.3 Å². The van der Waals surface area contributed by atoms with Crippen LogP contribution >= 0.6 is 11.6 Å². The molecular weight excluding hydrogens is 288 g/mol. The van der Waals surface area contributed by atoms with Crippen LogP contribution in [0.1, 0.15) is 21.5 Å². The molecule has 1 aromatic carbocycles. The Morgan fingerprint density at radius 1 is 1.00 bits per heavy atom. The molecule has 100 valence electrons. The summed E-state index contributed by atoms with van der Waals surface area (Å²) in [5, 5.41) is -1.02. The highest BCUT2D eigenvalue weighted by Crippen LogP contribution is 2.40. The largest absolute Gasteiger partial charge is 0.417 e. The van der Waals surface area contributed by atoms with Gasteiger partial charge in [0.25, 0.3) is 0 Å². The van der Waals surface area contributed by atoms with E-state index in [1.807, 2.05) is 0 Å². The molecule has 2 nitrogen and oxygen atoms in total. The topological polar surface area (TPSA) is 43.1 Å². The number of primary amides is 1. The third-order valence-corrected chi connectivity index (χ3v) is 2.30. The summed E-state index contributed by atoms with van der Waals surface area (Å²) in [4.78, 5) is 10.8. The van der Waals surface area contributed by atoms with Crippen molar-refractivity contribution in [2.24, 2.45) is 5.73 Å². The molecule has 1 aromatic rings. The zero-order valence-corrected chi connectivity index (χ0v) is 9.04. The Hall–Kier alpha value is -1.44. The first-order chi connectivity index (χ1) is 7.94. The second kappa shape index (κ2) is 4.34. The average Bonchev–Trinajstić information content (AvgIpc) is 2.12. The second-order valence-electron chi connectivity index (χ2n) is 3.24. The van der Waals surface area contributed by atoms with Crippen LogP contribution in [-0.4, -0.2) is 5.91 Å². The van der Waals surface area contributed by atoms with E-state index >= 15 is 0 Å². The molecule has 0 fully saturated rings. The molecule has 0 aliphatic rings. The van der Waals surface area contributed by atoms with Gasteiger partial charge in [-0.15, -0.1) is 0 Å². The quantitative estimate of drug-likeness (QED) is 0.791. The van der Waals surface area contributed by atoms with E-state index in [4.69, 9.17) is 11.6 Å². The molecule has 0 spiro atoms. The minimum Gasteiger partial charge on any atom is -0.366 e.